The number of nitrogens with one attached hydrogen (secondary N) is 1. The normalized spacial score (nSPS) is 11.7. The van der Waals surface area contributed by atoms with E-state index >= 15 is 0 Å². The maximum absolute atomic E-state index is 12.3. The molecule has 2 aromatic rings. The Kier molecular flexibility index (Phi) is 2.30. The standard InChI is InChI=1S/C10H8BF3N/c12-11(13,14)10-6-9(7-15-10)8-4-2-1-3-5-8/h1-7,15H/q-1. The summed E-state index contributed by atoms with van der Waals surface area (Å²) in [4.78, 5) is 2.25. The lowest BCUT2D eigenvalue weighted by Gasteiger charge is -2.10. The fourth-order valence-corrected chi connectivity index (χ4v) is 1.40. The summed E-state index contributed by atoms with van der Waals surface area (Å²) in [5.74, 6) is 0. The van der Waals surface area contributed by atoms with Gasteiger partial charge in [-0.1, -0.05) is 36.4 Å². The molecule has 0 aliphatic rings. The summed E-state index contributed by atoms with van der Waals surface area (Å²) >= 11 is 0. The topological polar surface area (TPSA) is 15.8 Å². The first kappa shape index (κ1) is 9.89. The lowest BCUT2D eigenvalue weighted by Crippen LogP contribution is -2.34. The van der Waals surface area contributed by atoms with Crippen molar-refractivity contribution < 1.29 is 12.9 Å². The van der Waals surface area contributed by atoms with Crippen LogP contribution in [0.1, 0.15) is 0 Å². The van der Waals surface area contributed by atoms with Gasteiger partial charge in [-0.15, -0.1) is 0 Å². The van der Waals surface area contributed by atoms with Crippen LogP contribution in [0.25, 0.3) is 11.1 Å². The second kappa shape index (κ2) is 3.49. The number of hydrogen-bond acceptors (Lipinski definition) is 0. The maximum Gasteiger partial charge on any atom is 0.525 e. The van der Waals surface area contributed by atoms with Gasteiger partial charge in [0.15, 0.2) is 0 Å². The Morgan fingerprint density at radius 1 is 0.933 bits per heavy atom. The molecule has 2 rings (SSSR count). The first-order valence-corrected chi connectivity index (χ1v) is 4.51. The molecule has 0 bridgehead atoms. The smallest absolute Gasteiger partial charge is 0.444 e. The van der Waals surface area contributed by atoms with Crippen molar-refractivity contribution in [1.29, 1.82) is 0 Å². The molecule has 78 valence electrons. The number of hydrogen-bond donors (Lipinski definition) is 1. The van der Waals surface area contributed by atoms with Gasteiger partial charge in [-0.2, -0.15) is 0 Å². The molecular formula is C10H8BF3N-. The average molecular weight is 210 g/mol. The van der Waals surface area contributed by atoms with E-state index in [9.17, 15) is 12.9 Å². The van der Waals surface area contributed by atoms with E-state index in [0.29, 0.717) is 5.56 Å². The molecule has 0 amide bonds. The van der Waals surface area contributed by atoms with Crippen molar-refractivity contribution in [2.75, 3.05) is 0 Å². The van der Waals surface area contributed by atoms with E-state index in [4.69, 9.17) is 0 Å². The molecule has 0 aliphatic carbocycles. The molecule has 0 aliphatic heterocycles. The number of aromatic amines is 1. The number of halogens is 3. The second-order valence-corrected chi connectivity index (χ2v) is 3.28. The van der Waals surface area contributed by atoms with E-state index in [1.807, 2.05) is 6.07 Å². The summed E-state index contributed by atoms with van der Waals surface area (Å²) in [7, 11) is 0. The summed E-state index contributed by atoms with van der Waals surface area (Å²) in [5, 5.41) is 0. The first-order valence-electron chi connectivity index (χ1n) is 4.51. The molecule has 15 heavy (non-hydrogen) atoms. The zero-order chi connectivity index (χ0) is 10.9. The Labute approximate surface area is 85.0 Å². The van der Waals surface area contributed by atoms with E-state index in [1.165, 1.54) is 6.20 Å². The molecule has 1 nitrogen and oxygen atoms in total. The third-order valence-corrected chi connectivity index (χ3v) is 2.17. The Balaban J connectivity index is 2.37. The van der Waals surface area contributed by atoms with Crippen molar-refractivity contribution in [3.63, 3.8) is 0 Å². The lowest BCUT2D eigenvalue weighted by atomic mass is 9.86. The molecule has 0 radical (unpaired) electrons. The van der Waals surface area contributed by atoms with Gasteiger partial charge in [-0.05, 0) is 16.7 Å². The molecule has 0 fully saturated rings. The van der Waals surface area contributed by atoms with Crippen LogP contribution in [0, 0.1) is 0 Å². The fourth-order valence-electron chi connectivity index (χ4n) is 1.40. The highest BCUT2D eigenvalue weighted by atomic mass is 19.4. The van der Waals surface area contributed by atoms with Crippen LogP contribution in [0.5, 0.6) is 0 Å². The maximum atomic E-state index is 12.3. The molecule has 1 N–H and O–H groups in total. The molecule has 1 aromatic carbocycles. The van der Waals surface area contributed by atoms with Gasteiger partial charge in [-0.3, -0.25) is 0 Å². The van der Waals surface area contributed by atoms with Crippen LogP contribution in [0.2, 0.25) is 0 Å². The van der Waals surface area contributed by atoms with Crippen LogP contribution in [0.3, 0.4) is 0 Å². The minimum absolute atomic E-state index is 0.560. The van der Waals surface area contributed by atoms with E-state index in [-0.39, 0.29) is 0 Å². The molecule has 0 saturated carbocycles. The second-order valence-electron chi connectivity index (χ2n) is 3.28. The van der Waals surface area contributed by atoms with Gasteiger partial charge >= 0.3 is 6.98 Å². The first-order chi connectivity index (χ1) is 7.07. The van der Waals surface area contributed by atoms with Crippen molar-refractivity contribution in [2.45, 2.75) is 0 Å². The molecule has 0 spiro atoms. The van der Waals surface area contributed by atoms with Crippen LogP contribution in [0.15, 0.2) is 42.6 Å². The Morgan fingerprint density at radius 3 is 2.13 bits per heavy atom. The quantitative estimate of drug-likeness (QED) is 0.733. The third kappa shape index (κ3) is 2.06. The molecular weight excluding hydrogens is 202 g/mol. The van der Waals surface area contributed by atoms with Crippen molar-refractivity contribution in [3.05, 3.63) is 42.6 Å². The Morgan fingerprint density at radius 2 is 1.60 bits per heavy atom. The van der Waals surface area contributed by atoms with E-state index in [2.05, 4.69) is 4.98 Å². The highest BCUT2D eigenvalue weighted by molar-refractivity contribution is 6.72. The van der Waals surface area contributed by atoms with Gasteiger partial charge in [0.25, 0.3) is 0 Å². The largest absolute Gasteiger partial charge is 0.525 e. The van der Waals surface area contributed by atoms with E-state index in [0.717, 1.165) is 11.6 Å². The van der Waals surface area contributed by atoms with Crippen LogP contribution in [-0.4, -0.2) is 12.0 Å². The number of aromatic nitrogens is 1. The predicted molar refractivity (Wildman–Crippen MR) is 54.9 cm³/mol. The van der Waals surface area contributed by atoms with Crippen molar-refractivity contribution in [1.82, 2.24) is 4.98 Å². The average Bonchev–Trinajstić information content (AvgIpc) is 2.67. The highest BCUT2D eigenvalue weighted by Crippen LogP contribution is 2.19. The monoisotopic (exact) mass is 210 g/mol. The zero-order valence-electron chi connectivity index (χ0n) is 7.75. The molecule has 0 unspecified atom stereocenters. The van der Waals surface area contributed by atoms with Crippen molar-refractivity contribution in [2.24, 2.45) is 0 Å². The third-order valence-electron chi connectivity index (χ3n) is 2.17. The van der Waals surface area contributed by atoms with Gasteiger partial charge in [0, 0.05) is 6.20 Å². The minimum Gasteiger partial charge on any atom is -0.444 e. The number of H-pyrrole nitrogens is 1. The summed E-state index contributed by atoms with van der Waals surface area (Å²) in [5.41, 5.74) is 0.679. The minimum atomic E-state index is -4.94. The predicted octanol–water partition coefficient (Wildman–Crippen LogP) is 2.74. The molecule has 1 heterocycles. The van der Waals surface area contributed by atoms with Crippen molar-refractivity contribution in [3.8, 4) is 11.1 Å². The number of benzene rings is 1. The number of rotatable bonds is 2. The molecule has 1 aromatic heterocycles. The Hall–Kier alpha value is -1.65. The summed E-state index contributed by atoms with van der Waals surface area (Å²) < 4.78 is 37.0. The van der Waals surface area contributed by atoms with Crippen LogP contribution < -0.4 is 5.59 Å². The molecule has 0 atom stereocenters. The highest BCUT2D eigenvalue weighted by Gasteiger charge is 2.27. The summed E-state index contributed by atoms with van der Waals surface area (Å²) in [6.07, 6.45) is 1.37. The van der Waals surface area contributed by atoms with Gasteiger partial charge in [0.1, 0.15) is 0 Å². The van der Waals surface area contributed by atoms with Crippen LogP contribution in [-0.2, 0) is 0 Å². The zero-order valence-corrected chi connectivity index (χ0v) is 7.75. The van der Waals surface area contributed by atoms with Gasteiger partial charge in [0.05, 0.1) is 0 Å². The molecule has 5 heteroatoms. The van der Waals surface area contributed by atoms with Gasteiger partial charge < -0.3 is 17.9 Å². The summed E-state index contributed by atoms with van der Waals surface area (Å²) in [6.45, 7) is -4.94. The lowest BCUT2D eigenvalue weighted by molar-refractivity contribution is 0.499. The van der Waals surface area contributed by atoms with Gasteiger partial charge in [0.2, 0.25) is 0 Å². The van der Waals surface area contributed by atoms with Crippen LogP contribution >= 0.6 is 0 Å². The fraction of sp³-hybridized carbons (Fsp3) is 0. The van der Waals surface area contributed by atoms with Crippen LogP contribution in [0.4, 0.5) is 12.9 Å². The van der Waals surface area contributed by atoms with Gasteiger partial charge in [-0.25, -0.2) is 0 Å². The SMILES string of the molecule is F[B-](F)(F)c1cc(-c2ccccc2)c[nH]1. The van der Waals surface area contributed by atoms with Crippen molar-refractivity contribution >= 4 is 12.6 Å². The van der Waals surface area contributed by atoms with E-state index in [1.54, 1.807) is 24.3 Å². The van der Waals surface area contributed by atoms with E-state index < -0.39 is 12.6 Å². The Bertz CT molecular complexity index is 447. The summed E-state index contributed by atoms with van der Waals surface area (Å²) in [6, 6.07) is 10.1. The molecule has 0 saturated heterocycles.